The Morgan fingerprint density at radius 3 is 2.56 bits per heavy atom. The third-order valence-electron chi connectivity index (χ3n) is 5.50. The quantitative estimate of drug-likeness (QED) is 0.174. The molecule has 1 fully saturated rings. The van der Waals surface area contributed by atoms with Crippen LogP contribution >= 0.6 is 57.6 Å². The fourth-order valence-corrected chi connectivity index (χ4v) is 5.79. The highest BCUT2D eigenvalue weighted by Gasteiger charge is 2.34. The first kappa shape index (κ1) is 26.9. The van der Waals surface area contributed by atoms with Gasteiger partial charge in [-0.3, -0.25) is 14.5 Å². The van der Waals surface area contributed by atoms with Gasteiger partial charge in [0.05, 0.1) is 15.6 Å². The average Bonchev–Trinajstić information content (AvgIpc) is 3.12. The normalized spacial score (nSPS) is 14.6. The van der Waals surface area contributed by atoms with E-state index in [2.05, 4.69) is 22.6 Å². The fourth-order valence-electron chi connectivity index (χ4n) is 3.68. The third-order valence-corrected chi connectivity index (χ3v) is 7.80. The molecule has 36 heavy (non-hydrogen) atoms. The lowest BCUT2D eigenvalue weighted by atomic mass is 10.1. The van der Waals surface area contributed by atoms with Crippen molar-refractivity contribution in [3.8, 4) is 11.5 Å². The van der Waals surface area contributed by atoms with Crippen LogP contribution in [0.4, 0.5) is 4.79 Å². The Morgan fingerprint density at radius 1 is 1.06 bits per heavy atom. The molecule has 1 aliphatic heterocycles. The number of ether oxygens (including phenoxy) is 2. The van der Waals surface area contributed by atoms with Crippen molar-refractivity contribution >= 4 is 74.8 Å². The van der Waals surface area contributed by atoms with Crippen LogP contribution in [-0.2, 0) is 17.8 Å². The summed E-state index contributed by atoms with van der Waals surface area (Å²) < 4.78 is 12.4. The summed E-state index contributed by atoms with van der Waals surface area (Å²) in [5.74, 6) is 0.806. The molecule has 0 unspecified atom stereocenters. The highest BCUT2D eigenvalue weighted by atomic mass is 127. The van der Waals surface area contributed by atoms with Gasteiger partial charge in [-0.2, -0.15) is 0 Å². The SMILES string of the molecule is COc1cc(/C=C2/SC(=O)N(CCCc3ccccc3)C2=O)cc(I)c1OCc1ccc(Cl)cc1Cl. The summed E-state index contributed by atoms with van der Waals surface area (Å²) in [6.07, 6.45) is 3.23. The van der Waals surface area contributed by atoms with Crippen molar-refractivity contribution in [3.05, 3.63) is 95.9 Å². The summed E-state index contributed by atoms with van der Waals surface area (Å²) in [5.41, 5.74) is 2.72. The number of hydrogen-bond donors (Lipinski definition) is 0. The van der Waals surface area contributed by atoms with Crippen LogP contribution < -0.4 is 9.47 Å². The molecule has 0 N–H and O–H groups in total. The zero-order valence-corrected chi connectivity index (χ0v) is 23.8. The monoisotopic (exact) mass is 653 g/mol. The van der Waals surface area contributed by atoms with Crippen LogP contribution in [0.1, 0.15) is 23.1 Å². The van der Waals surface area contributed by atoms with Crippen LogP contribution in [0.5, 0.6) is 11.5 Å². The van der Waals surface area contributed by atoms with E-state index in [0.717, 1.165) is 32.9 Å². The molecule has 0 saturated carbocycles. The summed E-state index contributed by atoms with van der Waals surface area (Å²) in [7, 11) is 1.55. The maximum atomic E-state index is 12.9. The average molecular weight is 654 g/mol. The summed E-state index contributed by atoms with van der Waals surface area (Å²) in [5, 5.41) is 0.828. The van der Waals surface area contributed by atoms with Crippen LogP contribution in [0, 0.1) is 3.57 Å². The van der Waals surface area contributed by atoms with Crippen LogP contribution in [0.2, 0.25) is 10.0 Å². The largest absolute Gasteiger partial charge is 0.493 e. The molecule has 186 valence electrons. The van der Waals surface area contributed by atoms with Gasteiger partial charge in [-0.15, -0.1) is 0 Å². The molecule has 0 bridgehead atoms. The van der Waals surface area contributed by atoms with E-state index in [-0.39, 0.29) is 17.8 Å². The Morgan fingerprint density at radius 2 is 1.83 bits per heavy atom. The maximum Gasteiger partial charge on any atom is 0.293 e. The summed E-state index contributed by atoms with van der Waals surface area (Å²) in [6, 6.07) is 18.9. The molecule has 1 heterocycles. The summed E-state index contributed by atoms with van der Waals surface area (Å²) in [4.78, 5) is 27.1. The lowest BCUT2D eigenvalue weighted by Crippen LogP contribution is -2.29. The van der Waals surface area contributed by atoms with Crippen molar-refractivity contribution in [1.29, 1.82) is 0 Å². The molecule has 0 spiro atoms. The summed E-state index contributed by atoms with van der Waals surface area (Å²) in [6.45, 7) is 0.626. The van der Waals surface area contributed by atoms with E-state index < -0.39 is 0 Å². The number of aryl methyl sites for hydroxylation is 1. The smallest absolute Gasteiger partial charge is 0.293 e. The molecule has 1 aliphatic rings. The number of imide groups is 1. The number of carbonyl (C=O) groups is 2. The molecule has 3 aromatic rings. The number of nitrogens with zero attached hydrogens (tertiary/aromatic N) is 1. The summed E-state index contributed by atoms with van der Waals surface area (Å²) >= 11 is 15.3. The van der Waals surface area contributed by atoms with E-state index in [1.807, 2.05) is 42.5 Å². The second-order valence-electron chi connectivity index (χ2n) is 7.98. The number of benzene rings is 3. The zero-order chi connectivity index (χ0) is 25.7. The number of rotatable bonds is 9. The van der Waals surface area contributed by atoms with Gasteiger partial charge in [0.15, 0.2) is 11.5 Å². The Bertz CT molecular complexity index is 1320. The van der Waals surface area contributed by atoms with Crippen LogP contribution in [0.25, 0.3) is 6.08 Å². The Balaban J connectivity index is 1.45. The van der Waals surface area contributed by atoms with Crippen molar-refractivity contribution in [2.75, 3.05) is 13.7 Å². The van der Waals surface area contributed by atoms with E-state index in [0.29, 0.717) is 39.4 Å². The maximum absolute atomic E-state index is 12.9. The number of hydrogen-bond acceptors (Lipinski definition) is 5. The van der Waals surface area contributed by atoms with Gasteiger partial charge in [0.1, 0.15) is 6.61 Å². The number of amides is 2. The van der Waals surface area contributed by atoms with E-state index in [9.17, 15) is 9.59 Å². The number of thioether (sulfide) groups is 1. The molecule has 4 rings (SSSR count). The fraction of sp³-hybridized carbons (Fsp3) is 0.185. The van der Waals surface area contributed by atoms with Crippen molar-refractivity contribution in [2.24, 2.45) is 0 Å². The lowest BCUT2D eigenvalue weighted by Gasteiger charge is -2.14. The van der Waals surface area contributed by atoms with Gasteiger partial charge in [0.25, 0.3) is 11.1 Å². The van der Waals surface area contributed by atoms with Crippen LogP contribution in [-0.4, -0.2) is 29.7 Å². The first-order chi connectivity index (χ1) is 17.4. The van der Waals surface area contributed by atoms with Gasteiger partial charge in [-0.1, -0.05) is 59.6 Å². The highest BCUT2D eigenvalue weighted by molar-refractivity contribution is 14.1. The number of methoxy groups -OCH3 is 1. The molecular formula is C27H22Cl2INO4S. The molecule has 1 saturated heterocycles. The first-order valence-corrected chi connectivity index (χ1v) is 13.7. The van der Waals surface area contributed by atoms with Gasteiger partial charge in [0, 0.05) is 22.2 Å². The molecular weight excluding hydrogens is 632 g/mol. The Labute approximate surface area is 237 Å². The molecule has 5 nitrogen and oxygen atoms in total. The van der Waals surface area contributed by atoms with Gasteiger partial charge >= 0.3 is 0 Å². The number of halogens is 3. The van der Waals surface area contributed by atoms with Gasteiger partial charge < -0.3 is 9.47 Å². The molecule has 0 aromatic heterocycles. The van der Waals surface area contributed by atoms with E-state index in [4.69, 9.17) is 32.7 Å². The molecule has 0 aliphatic carbocycles. The molecule has 3 aromatic carbocycles. The third kappa shape index (κ3) is 6.56. The second-order valence-corrected chi connectivity index (χ2v) is 11.0. The minimum Gasteiger partial charge on any atom is -0.493 e. The zero-order valence-electron chi connectivity index (χ0n) is 19.3. The topological polar surface area (TPSA) is 55.8 Å². The van der Waals surface area contributed by atoms with Crippen LogP contribution in [0.3, 0.4) is 0 Å². The Kier molecular flexibility index (Phi) is 9.22. The standard InChI is InChI=1S/C27H22Cl2INO4S/c1-34-23-13-18(12-22(30)25(23)35-16-19-9-10-20(28)15-21(19)29)14-24-26(32)31(27(33)36-24)11-5-8-17-6-3-2-4-7-17/h2-4,6-7,9-10,12-15H,5,8,11,16H2,1H3/b24-14+. The molecule has 0 radical (unpaired) electrons. The minimum atomic E-state index is -0.273. The predicted molar refractivity (Wildman–Crippen MR) is 154 cm³/mol. The first-order valence-electron chi connectivity index (χ1n) is 11.1. The van der Waals surface area contributed by atoms with E-state index in [1.165, 1.54) is 10.5 Å². The van der Waals surface area contributed by atoms with Gasteiger partial charge in [-0.05, 0) is 88.7 Å². The lowest BCUT2D eigenvalue weighted by molar-refractivity contribution is -0.122. The predicted octanol–water partition coefficient (Wildman–Crippen LogP) is 7.85. The Hall–Kier alpha value is -2.20. The van der Waals surface area contributed by atoms with Crippen molar-refractivity contribution in [3.63, 3.8) is 0 Å². The van der Waals surface area contributed by atoms with Crippen LogP contribution in [0.15, 0.2) is 65.6 Å². The van der Waals surface area contributed by atoms with E-state index >= 15 is 0 Å². The van der Waals surface area contributed by atoms with E-state index in [1.54, 1.807) is 31.4 Å². The van der Waals surface area contributed by atoms with Gasteiger partial charge in [0.2, 0.25) is 0 Å². The molecule has 0 atom stereocenters. The molecule has 2 amide bonds. The van der Waals surface area contributed by atoms with Gasteiger partial charge in [-0.25, -0.2) is 0 Å². The highest BCUT2D eigenvalue weighted by Crippen LogP contribution is 2.38. The number of carbonyl (C=O) groups excluding carboxylic acids is 2. The minimum absolute atomic E-state index is 0.240. The molecule has 9 heteroatoms. The van der Waals surface area contributed by atoms with Crippen molar-refractivity contribution < 1.29 is 19.1 Å². The van der Waals surface area contributed by atoms with Crippen molar-refractivity contribution in [2.45, 2.75) is 19.4 Å². The van der Waals surface area contributed by atoms with Crippen molar-refractivity contribution in [1.82, 2.24) is 4.90 Å². The second kappa shape index (κ2) is 12.4.